The Balaban J connectivity index is 2.17. The maximum Gasteiger partial charge on any atom is 0.419 e. The molecule has 1 aromatic heterocycles. The first-order valence-corrected chi connectivity index (χ1v) is 5.38. The van der Waals surface area contributed by atoms with Crippen LogP contribution in [0.2, 0.25) is 0 Å². The van der Waals surface area contributed by atoms with Crippen molar-refractivity contribution in [3.05, 3.63) is 34.3 Å². The van der Waals surface area contributed by atoms with Crippen LogP contribution in [-0.4, -0.2) is 11.1 Å². The topological polar surface area (TPSA) is 71.0 Å². The third-order valence-electron chi connectivity index (χ3n) is 2.60. The summed E-state index contributed by atoms with van der Waals surface area (Å²) < 4.78 is 6.52. The monoisotopic (exact) mass is 231 g/mol. The maximum absolute atomic E-state index is 11.3. The highest BCUT2D eigenvalue weighted by atomic mass is 16.4. The molecule has 88 valence electrons. The average Bonchev–Trinajstić information content (AvgIpc) is 2.61. The Hall–Kier alpha value is -2.06. The van der Waals surface area contributed by atoms with Crippen molar-refractivity contribution in [2.45, 2.75) is 13.0 Å². The summed E-state index contributed by atoms with van der Waals surface area (Å²) in [6, 6.07) is 7.69. The van der Waals surface area contributed by atoms with E-state index in [0.29, 0.717) is 25.1 Å². The zero-order chi connectivity index (χ0) is 12.3. The second-order valence-electron chi connectivity index (χ2n) is 3.81. The fourth-order valence-corrected chi connectivity index (χ4v) is 1.66. The van der Waals surface area contributed by atoms with Gasteiger partial charge in [-0.25, -0.2) is 4.79 Å². The van der Waals surface area contributed by atoms with Crippen LogP contribution in [0.5, 0.6) is 0 Å². The Labute approximate surface area is 98.3 Å². The average molecular weight is 231 g/mol. The molecule has 5 nitrogen and oxygen atoms in total. The van der Waals surface area contributed by atoms with Crippen LogP contribution in [0.25, 0.3) is 11.1 Å². The van der Waals surface area contributed by atoms with Crippen molar-refractivity contribution in [3.63, 3.8) is 0 Å². The Bertz CT molecular complexity index is 619. The van der Waals surface area contributed by atoms with E-state index in [1.54, 1.807) is 13.1 Å². The van der Waals surface area contributed by atoms with E-state index in [9.17, 15) is 4.79 Å². The predicted octanol–water partition coefficient (Wildman–Crippen LogP) is 1.13. The molecule has 0 atom stereocenters. The van der Waals surface area contributed by atoms with Gasteiger partial charge in [0.25, 0.3) is 0 Å². The Morgan fingerprint density at radius 3 is 3.12 bits per heavy atom. The Morgan fingerprint density at radius 1 is 1.53 bits per heavy atom. The van der Waals surface area contributed by atoms with Crippen LogP contribution in [-0.2, 0) is 13.6 Å². The SMILES string of the molecule is Cn1c(=O)oc2ccc(CNCCC#N)cc21. The van der Waals surface area contributed by atoms with Crippen molar-refractivity contribution in [2.75, 3.05) is 6.54 Å². The first-order chi connectivity index (χ1) is 8.22. The van der Waals surface area contributed by atoms with Gasteiger partial charge in [0.05, 0.1) is 11.6 Å². The van der Waals surface area contributed by atoms with Gasteiger partial charge in [-0.1, -0.05) is 6.07 Å². The van der Waals surface area contributed by atoms with Gasteiger partial charge in [0, 0.05) is 26.6 Å². The fraction of sp³-hybridized carbons (Fsp3) is 0.333. The van der Waals surface area contributed by atoms with Gasteiger partial charge < -0.3 is 9.73 Å². The Morgan fingerprint density at radius 2 is 2.35 bits per heavy atom. The molecule has 1 aromatic carbocycles. The third kappa shape index (κ3) is 2.37. The van der Waals surface area contributed by atoms with Crippen molar-refractivity contribution in [1.29, 1.82) is 5.26 Å². The van der Waals surface area contributed by atoms with E-state index in [2.05, 4.69) is 11.4 Å². The van der Waals surface area contributed by atoms with Crippen LogP contribution < -0.4 is 11.1 Å². The Kier molecular flexibility index (Phi) is 3.26. The molecular weight excluding hydrogens is 218 g/mol. The van der Waals surface area contributed by atoms with Crippen molar-refractivity contribution in [2.24, 2.45) is 7.05 Å². The molecule has 0 saturated carbocycles. The van der Waals surface area contributed by atoms with E-state index in [1.165, 1.54) is 4.57 Å². The minimum absolute atomic E-state index is 0.352. The normalized spacial score (nSPS) is 10.6. The highest BCUT2D eigenvalue weighted by Crippen LogP contribution is 2.13. The van der Waals surface area contributed by atoms with Crippen molar-refractivity contribution in [1.82, 2.24) is 9.88 Å². The predicted molar refractivity (Wildman–Crippen MR) is 63.4 cm³/mol. The smallest absolute Gasteiger partial charge is 0.408 e. The number of aryl methyl sites for hydroxylation is 1. The molecule has 0 spiro atoms. The van der Waals surface area contributed by atoms with Gasteiger partial charge in [0.15, 0.2) is 5.58 Å². The van der Waals surface area contributed by atoms with Gasteiger partial charge in [-0.15, -0.1) is 0 Å². The molecule has 0 aliphatic rings. The molecule has 1 N–H and O–H groups in total. The molecule has 0 aliphatic carbocycles. The highest BCUT2D eigenvalue weighted by Gasteiger charge is 2.05. The molecule has 0 radical (unpaired) electrons. The lowest BCUT2D eigenvalue weighted by Gasteiger charge is -2.02. The number of oxazole rings is 1. The number of benzene rings is 1. The summed E-state index contributed by atoms with van der Waals surface area (Å²) in [5.74, 6) is -0.352. The molecule has 17 heavy (non-hydrogen) atoms. The van der Waals surface area contributed by atoms with Crippen LogP contribution in [0.1, 0.15) is 12.0 Å². The summed E-state index contributed by atoms with van der Waals surface area (Å²) in [6.45, 7) is 1.34. The van der Waals surface area contributed by atoms with Crippen molar-refractivity contribution in [3.8, 4) is 6.07 Å². The molecule has 2 rings (SSSR count). The van der Waals surface area contributed by atoms with Crippen molar-refractivity contribution < 1.29 is 4.42 Å². The summed E-state index contributed by atoms with van der Waals surface area (Å²) in [7, 11) is 1.68. The largest absolute Gasteiger partial charge is 0.419 e. The summed E-state index contributed by atoms with van der Waals surface area (Å²) in [5, 5.41) is 11.6. The van der Waals surface area contributed by atoms with Gasteiger partial charge in [-0.3, -0.25) is 4.57 Å². The van der Waals surface area contributed by atoms with Crippen LogP contribution in [0.3, 0.4) is 0 Å². The lowest BCUT2D eigenvalue weighted by Crippen LogP contribution is -2.14. The second kappa shape index (κ2) is 4.85. The summed E-state index contributed by atoms with van der Waals surface area (Å²) >= 11 is 0. The van der Waals surface area contributed by atoms with E-state index >= 15 is 0 Å². The van der Waals surface area contributed by atoms with Gasteiger partial charge in [-0.2, -0.15) is 5.26 Å². The van der Waals surface area contributed by atoms with E-state index in [0.717, 1.165) is 11.1 Å². The lowest BCUT2D eigenvalue weighted by molar-refractivity contribution is 0.528. The van der Waals surface area contributed by atoms with Crippen LogP contribution in [0, 0.1) is 11.3 Å². The van der Waals surface area contributed by atoms with Crippen molar-refractivity contribution >= 4 is 11.1 Å². The van der Waals surface area contributed by atoms with Gasteiger partial charge >= 0.3 is 5.76 Å². The maximum atomic E-state index is 11.3. The summed E-state index contributed by atoms with van der Waals surface area (Å²) in [5.41, 5.74) is 2.44. The van der Waals surface area contributed by atoms with Gasteiger partial charge in [0.1, 0.15) is 0 Å². The summed E-state index contributed by atoms with van der Waals surface area (Å²) in [6.07, 6.45) is 0.493. The number of hydrogen-bond donors (Lipinski definition) is 1. The fourth-order valence-electron chi connectivity index (χ4n) is 1.66. The molecule has 2 aromatic rings. The second-order valence-corrected chi connectivity index (χ2v) is 3.81. The molecule has 5 heteroatoms. The molecule has 0 saturated heterocycles. The van der Waals surface area contributed by atoms with Crippen LogP contribution in [0.4, 0.5) is 0 Å². The number of nitriles is 1. The molecule has 0 unspecified atom stereocenters. The number of nitrogens with zero attached hydrogens (tertiary/aromatic N) is 2. The molecule has 0 fully saturated rings. The quantitative estimate of drug-likeness (QED) is 0.801. The molecule has 0 aliphatic heterocycles. The number of nitrogens with one attached hydrogen (secondary N) is 1. The third-order valence-corrected chi connectivity index (χ3v) is 2.60. The van der Waals surface area contributed by atoms with E-state index in [4.69, 9.17) is 9.68 Å². The molecular formula is C12H13N3O2. The minimum atomic E-state index is -0.352. The van der Waals surface area contributed by atoms with E-state index in [1.807, 2.05) is 12.1 Å². The molecule has 1 heterocycles. The first kappa shape index (κ1) is 11.4. The highest BCUT2D eigenvalue weighted by molar-refractivity contribution is 5.73. The van der Waals surface area contributed by atoms with Crippen LogP contribution >= 0.6 is 0 Å². The van der Waals surface area contributed by atoms with Gasteiger partial charge in [-0.05, 0) is 17.7 Å². The summed E-state index contributed by atoms with van der Waals surface area (Å²) in [4.78, 5) is 11.3. The van der Waals surface area contributed by atoms with Crippen LogP contribution in [0.15, 0.2) is 27.4 Å². The number of fused-ring (bicyclic) bond motifs is 1. The number of rotatable bonds is 4. The zero-order valence-corrected chi connectivity index (χ0v) is 9.56. The van der Waals surface area contributed by atoms with E-state index in [-0.39, 0.29) is 5.76 Å². The number of aromatic nitrogens is 1. The van der Waals surface area contributed by atoms with Gasteiger partial charge in [0.2, 0.25) is 0 Å². The lowest BCUT2D eigenvalue weighted by atomic mass is 10.2. The standard InChI is InChI=1S/C12H13N3O2/c1-15-10-7-9(8-14-6-2-5-13)3-4-11(10)17-12(15)16/h3-4,7,14H,2,6,8H2,1H3. The number of hydrogen-bond acceptors (Lipinski definition) is 4. The molecule has 0 amide bonds. The first-order valence-electron chi connectivity index (χ1n) is 5.38. The molecule has 0 bridgehead atoms. The zero-order valence-electron chi connectivity index (χ0n) is 9.56. The minimum Gasteiger partial charge on any atom is -0.408 e. The van der Waals surface area contributed by atoms with E-state index < -0.39 is 0 Å².